The van der Waals surface area contributed by atoms with Gasteiger partial charge in [0.1, 0.15) is 0 Å². The molecule has 0 aliphatic heterocycles. The lowest BCUT2D eigenvalue weighted by Gasteiger charge is -2.09. The van der Waals surface area contributed by atoms with Crippen LogP contribution in [0.5, 0.6) is 0 Å². The quantitative estimate of drug-likeness (QED) is 0.749. The molecule has 16 heavy (non-hydrogen) atoms. The van der Waals surface area contributed by atoms with Crippen LogP contribution in [0.4, 0.5) is 0 Å². The number of hydrogen-bond donors (Lipinski definition) is 2. The highest BCUT2D eigenvalue weighted by atomic mass is 16.1. The van der Waals surface area contributed by atoms with Crippen LogP contribution in [0.25, 0.3) is 0 Å². The third-order valence-electron chi connectivity index (χ3n) is 2.46. The van der Waals surface area contributed by atoms with Gasteiger partial charge < -0.3 is 11.1 Å². The molecule has 0 saturated heterocycles. The number of amides is 1. The molecular formula is C12H19N3O. The molecule has 1 heterocycles. The van der Waals surface area contributed by atoms with Crippen molar-refractivity contribution >= 4 is 5.91 Å². The standard InChI is InChI=1S/C12H19N3O/c1-2-11(13)9-12(16)15-8-5-10-3-6-14-7-4-10/h3-4,6-7,11H,2,5,8-9,13H2,1H3,(H,15,16). The van der Waals surface area contributed by atoms with Gasteiger partial charge in [-0.3, -0.25) is 9.78 Å². The van der Waals surface area contributed by atoms with Gasteiger partial charge in [0.05, 0.1) is 0 Å². The van der Waals surface area contributed by atoms with E-state index in [-0.39, 0.29) is 11.9 Å². The minimum Gasteiger partial charge on any atom is -0.356 e. The van der Waals surface area contributed by atoms with Crippen molar-refractivity contribution in [1.82, 2.24) is 10.3 Å². The van der Waals surface area contributed by atoms with Crippen LogP contribution in [-0.4, -0.2) is 23.5 Å². The van der Waals surface area contributed by atoms with Gasteiger partial charge in [-0.25, -0.2) is 0 Å². The fourth-order valence-electron chi connectivity index (χ4n) is 1.35. The van der Waals surface area contributed by atoms with Crippen LogP contribution >= 0.6 is 0 Å². The molecule has 1 amide bonds. The average molecular weight is 221 g/mol. The highest BCUT2D eigenvalue weighted by molar-refractivity contribution is 5.76. The largest absolute Gasteiger partial charge is 0.356 e. The maximum atomic E-state index is 11.4. The van der Waals surface area contributed by atoms with Gasteiger partial charge in [0.15, 0.2) is 0 Å². The third-order valence-corrected chi connectivity index (χ3v) is 2.46. The summed E-state index contributed by atoms with van der Waals surface area (Å²) in [7, 11) is 0. The summed E-state index contributed by atoms with van der Waals surface area (Å²) < 4.78 is 0. The number of pyridine rings is 1. The summed E-state index contributed by atoms with van der Waals surface area (Å²) in [5.41, 5.74) is 6.86. The van der Waals surface area contributed by atoms with Crippen molar-refractivity contribution in [2.75, 3.05) is 6.54 Å². The van der Waals surface area contributed by atoms with E-state index in [0.717, 1.165) is 12.8 Å². The van der Waals surface area contributed by atoms with Crippen molar-refractivity contribution in [3.63, 3.8) is 0 Å². The summed E-state index contributed by atoms with van der Waals surface area (Å²) >= 11 is 0. The van der Waals surface area contributed by atoms with Crippen LogP contribution in [0.1, 0.15) is 25.3 Å². The predicted octanol–water partition coefficient (Wildman–Crippen LogP) is 0.868. The zero-order chi connectivity index (χ0) is 11.8. The maximum absolute atomic E-state index is 11.4. The van der Waals surface area contributed by atoms with Crippen molar-refractivity contribution in [1.29, 1.82) is 0 Å². The predicted molar refractivity (Wildman–Crippen MR) is 63.8 cm³/mol. The van der Waals surface area contributed by atoms with Crippen molar-refractivity contribution < 1.29 is 4.79 Å². The van der Waals surface area contributed by atoms with Gasteiger partial charge in [-0.2, -0.15) is 0 Å². The molecule has 1 unspecified atom stereocenters. The smallest absolute Gasteiger partial charge is 0.221 e. The van der Waals surface area contributed by atoms with E-state index in [1.54, 1.807) is 12.4 Å². The highest BCUT2D eigenvalue weighted by Gasteiger charge is 2.06. The topological polar surface area (TPSA) is 68.0 Å². The fourth-order valence-corrected chi connectivity index (χ4v) is 1.35. The first kappa shape index (κ1) is 12.6. The molecule has 0 bridgehead atoms. The Balaban J connectivity index is 2.18. The summed E-state index contributed by atoms with van der Waals surface area (Å²) in [5.74, 6) is 0.0309. The van der Waals surface area contributed by atoms with Crippen LogP contribution in [0.3, 0.4) is 0 Å². The van der Waals surface area contributed by atoms with Crippen LogP contribution in [0, 0.1) is 0 Å². The molecule has 4 heteroatoms. The minimum absolute atomic E-state index is 0.0269. The molecule has 0 fully saturated rings. The van der Waals surface area contributed by atoms with Gasteiger partial charge >= 0.3 is 0 Å². The molecule has 0 aromatic carbocycles. The van der Waals surface area contributed by atoms with E-state index in [1.807, 2.05) is 19.1 Å². The lowest BCUT2D eigenvalue weighted by atomic mass is 10.1. The first-order valence-corrected chi connectivity index (χ1v) is 5.63. The van der Waals surface area contributed by atoms with E-state index in [1.165, 1.54) is 5.56 Å². The summed E-state index contributed by atoms with van der Waals surface area (Å²) in [6.45, 7) is 2.63. The van der Waals surface area contributed by atoms with Crippen LogP contribution in [0.15, 0.2) is 24.5 Å². The zero-order valence-corrected chi connectivity index (χ0v) is 9.65. The first-order chi connectivity index (χ1) is 7.72. The summed E-state index contributed by atoms with van der Waals surface area (Å²) in [4.78, 5) is 15.3. The van der Waals surface area contributed by atoms with Crippen molar-refractivity contribution in [2.45, 2.75) is 32.2 Å². The Bertz CT molecular complexity index is 313. The Hall–Kier alpha value is -1.42. The van der Waals surface area contributed by atoms with Crippen molar-refractivity contribution in [3.8, 4) is 0 Å². The van der Waals surface area contributed by atoms with Gasteiger partial charge in [0.25, 0.3) is 0 Å². The Kier molecular flexibility index (Phi) is 5.50. The first-order valence-electron chi connectivity index (χ1n) is 5.63. The number of nitrogens with one attached hydrogen (secondary N) is 1. The van der Waals surface area contributed by atoms with E-state index < -0.39 is 0 Å². The van der Waals surface area contributed by atoms with E-state index >= 15 is 0 Å². The van der Waals surface area contributed by atoms with Gasteiger partial charge in [0.2, 0.25) is 5.91 Å². The van der Waals surface area contributed by atoms with Crippen molar-refractivity contribution in [2.24, 2.45) is 5.73 Å². The van der Waals surface area contributed by atoms with E-state index in [4.69, 9.17) is 5.73 Å². The molecule has 3 N–H and O–H groups in total. The third kappa shape index (κ3) is 4.89. The lowest BCUT2D eigenvalue weighted by molar-refractivity contribution is -0.121. The molecule has 0 saturated carbocycles. The second-order valence-corrected chi connectivity index (χ2v) is 3.83. The number of rotatable bonds is 6. The Morgan fingerprint density at radius 1 is 1.50 bits per heavy atom. The summed E-state index contributed by atoms with van der Waals surface area (Å²) in [5, 5.41) is 2.86. The summed E-state index contributed by atoms with van der Waals surface area (Å²) in [6.07, 6.45) is 5.58. The Morgan fingerprint density at radius 2 is 2.19 bits per heavy atom. The van der Waals surface area contributed by atoms with Crippen LogP contribution < -0.4 is 11.1 Å². The molecule has 1 aromatic heterocycles. The molecule has 4 nitrogen and oxygen atoms in total. The Morgan fingerprint density at radius 3 is 2.81 bits per heavy atom. The molecule has 0 radical (unpaired) electrons. The highest BCUT2D eigenvalue weighted by Crippen LogP contribution is 1.97. The normalized spacial score (nSPS) is 12.1. The molecule has 88 valence electrons. The van der Waals surface area contributed by atoms with Crippen molar-refractivity contribution in [3.05, 3.63) is 30.1 Å². The van der Waals surface area contributed by atoms with Gasteiger partial charge in [-0.15, -0.1) is 0 Å². The zero-order valence-electron chi connectivity index (χ0n) is 9.65. The summed E-state index contributed by atoms with van der Waals surface area (Å²) in [6, 6.07) is 3.87. The van der Waals surface area contributed by atoms with Crippen LogP contribution in [0.2, 0.25) is 0 Å². The van der Waals surface area contributed by atoms with Gasteiger partial charge in [-0.1, -0.05) is 6.92 Å². The van der Waals surface area contributed by atoms with E-state index in [9.17, 15) is 4.79 Å². The molecule has 0 spiro atoms. The van der Waals surface area contributed by atoms with Gasteiger partial charge in [-0.05, 0) is 30.5 Å². The average Bonchev–Trinajstić information content (AvgIpc) is 2.30. The second-order valence-electron chi connectivity index (χ2n) is 3.83. The number of carbonyl (C=O) groups excluding carboxylic acids is 1. The number of aromatic nitrogens is 1. The second kappa shape index (κ2) is 6.95. The Labute approximate surface area is 96.3 Å². The minimum atomic E-state index is -0.0269. The van der Waals surface area contributed by atoms with E-state index in [0.29, 0.717) is 13.0 Å². The molecular weight excluding hydrogens is 202 g/mol. The fraction of sp³-hybridized carbons (Fsp3) is 0.500. The number of nitrogens with two attached hydrogens (primary N) is 1. The van der Waals surface area contributed by atoms with Crippen LogP contribution in [-0.2, 0) is 11.2 Å². The number of hydrogen-bond acceptors (Lipinski definition) is 3. The number of nitrogens with zero attached hydrogens (tertiary/aromatic N) is 1. The monoisotopic (exact) mass is 221 g/mol. The molecule has 1 aromatic rings. The van der Waals surface area contributed by atoms with E-state index in [2.05, 4.69) is 10.3 Å². The molecule has 0 aliphatic rings. The maximum Gasteiger partial charge on any atom is 0.221 e. The SMILES string of the molecule is CCC(N)CC(=O)NCCc1ccncc1. The molecule has 1 atom stereocenters. The number of carbonyl (C=O) groups is 1. The van der Waals surface area contributed by atoms with Gasteiger partial charge in [0, 0.05) is 31.4 Å². The molecule has 1 rings (SSSR count). The lowest BCUT2D eigenvalue weighted by Crippen LogP contribution is -2.32. The molecule has 0 aliphatic carbocycles.